The van der Waals surface area contributed by atoms with Crippen LogP contribution in [0.1, 0.15) is 6.92 Å². The molecule has 0 spiro atoms. The van der Waals surface area contributed by atoms with E-state index in [4.69, 9.17) is 10.00 Å². The van der Waals surface area contributed by atoms with Crippen molar-refractivity contribution >= 4 is 29.2 Å². The third-order valence-corrected chi connectivity index (χ3v) is 0.924. The summed E-state index contributed by atoms with van der Waals surface area (Å²) in [5.74, 6) is -0.116. The SMILES string of the molecule is CC(C#N)COC(=S)S. The summed E-state index contributed by atoms with van der Waals surface area (Å²) < 4.78 is 4.96. The van der Waals surface area contributed by atoms with E-state index in [0.29, 0.717) is 6.61 Å². The third-order valence-electron chi connectivity index (χ3n) is 0.677. The lowest BCUT2D eigenvalue weighted by Crippen LogP contribution is -2.04. The van der Waals surface area contributed by atoms with Crippen molar-refractivity contribution in [1.82, 2.24) is 0 Å². The van der Waals surface area contributed by atoms with Crippen molar-refractivity contribution in [1.29, 1.82) is 5.26 Å². The molecule has 0 saturated carbocycles. The molecule has 0 aliphatic carbocycles. The van der Waals surface area contributed by atoms with Crippen LogP contribution in [0.15, 0.2) is 0 Å². The van der Waals surface area contributed by atoms with Crippen molar-refractivity contribution in [3.63, 3.8) is 0 Å². The number of ether oxygens (including phenoxy) is 1. The molecule has 4 heteroatoms. The van der Waals surface area contributed by atoms with Gasteiger partial charge in [-0.15, -0.1) is 0 Å². The second kappa shape index (κ2) is 4.59. The molecule has 0 aliphatic heterocycles. The predicted molar refractivity (Wildman–Crippen MR) is 42.3 cm³/mol. The molecule has 1 unspecified atom stereocenters. The highest BCUT2D eigenvalue weighted by Gasteiger charge is 1.98. The summed E-state index contributed by atoms with van der Waals surface area (Å²) in [7, 11) is 0. The monoisotopic (exact) mass is 161 g/mol. The molecule has 0 rings (SSSR count). The van der Waals surface area contributed by atoms with Crippen LogP contribution in [0.5, 0.6) is 0 Å². The molecular weight excluding hydrogens is 154 g/mol. The fourth-order valence-electron chi connectivity index (χ4n) is 0.234. The first-order valence-corrected chi connectivity index (χ1v) is 3.27. The summed E-state index contributed by atoms with van der Waals surface area (Å²) in [6.07, 6.45) is 0. The zero-order valence-electron chi connectivity index (χ0n) is 5.00. The fraction of sp³-hybridized carbons (Fsp3) is 0.600. The Kier molecular flexibility index (Phi) is 4.46. The predicted octanol–water partition coefficient (Wildman–Crippen LogP) is 1.38. The summed E-state index contributed by atoms with van der Waals surface area (Å²) in [5, 5.41) is 8.25. The molecule has 0 amide bonds. The molecule has 0 radical (unpaired) electrons. The molecule has 0 saturated heterocycles. The molecule has 9 heavy (non-hydrogen) atoms. The number of nitrogens with zero attached hydrogens (tertiary/aromatic N) is 1. The Morgan fingerprint density at radius 3 is 2.89 bits per heavy atom. The second-order valence-electron chi connectivity index (χ2n) is 1.61. The van der Waals surface area contributed by atoms with Gasteiger partial charge in [-0.3, -0.25) is 0 Å². The van der Waals surface area contributed by atoms with Crippen molar-refractivity contribution in [2.75, 3.05) is 6.61 Å². The van der Waals surface area contributed by atoms with Gasteiger partial charge >= 0.3 is 0 Å². The Morgan fingerprint density at radius 2 is 2.56 bits per heavy atom. The molecule has 0 aromatic heterocycles. The zero-order valence-corrected chi connectivity index (χ0v) is 6.71. The number of hydrogen-bond donors (Lipinski definition) is 1. The van der Waals surface area contributed by atoms with Gasteiger partial charge in [-0.05, 0) is 19.1 Å². The maximum absolute atomic E-state index is 8.25. The molecule has 0 N–H and O–H groups in total. The lowest BCUT2D eigenvalue weighted by molar-refractivity contribution is 0.291. The number of thiol groups is 1. The Hall–Kier alpha value is -0.270. The van der Waals surface area contributed by atoms with E-state index in [9.17, 15) is 0 Å². The first-order valence-electron chi connectivity index (χ1n) is 2.42. The maximum atomic E-state index is 8.25. The van der Waals surface area contributed by atoms with E-state index in [2.05, 4.69) is 24.8 Å². The second-order valence-corrected chi connectivity index (χ2v) is 2.69. The number of nitriles is 1. The maximum Gasteiger partial charge on any atom is 0.216 e. The Morgan fingerprint density at radius 1 is 2.00 bits per heavy atom. The van der Waals surface area contributed by atoms with E-state index in [-0.39, 0.29) is 10.3 Å². The topological polar surface area (TPSA) is 33.0 Å². The van der Waals surface area contributed by atoms with Crippen LogP contribution < -0.4 is 0 Å². The minimum absolute atomic E-state index is 0.116. The first kappa shape index (κ1) is 8.73. The minimum atomic E-state index is -0.116. The summed E-state index contributed by atoms with van der Waals surface area (Å²) in [6.45, 7) is 2.09. The Labute approximate surface area is 65.2 Å². The molecule has 2 nitrogen and oxygen atoms in total. The lowest BCUT2D eigenvalue weighted by atomic mass is 10.2. The first-order chi connectivity index (χ1) is 4.16. The molecule has 50 valence electrons. The van der Waals surface area contributed by atoms with Crippen molar-refractivity contribution in [3.05, 3.63) is 0 Å². The molecule has 0 fully saturated rings. The Bertz CT molecular complexity index is 140. The molecule has 1 atom stereocenters. The number of rotatable bonds is 2. The molecule has 0 heterocycles. The van der Waals surface area contributed by atoms with Crippen LogP contribution in [0.25, 0.3) is 0 Å². The minimum Gasteiger partial charge on any atom is -0.477 e. The van der Waals surface area contributed by atoms with Crippen LogP contribution >= 0.6 is 24.8 Å². The Balaban J connectivity index is 3.30. The average molecular weight is 161 g/mol. The molecule has 0 aromatic carbocycles. The highest BCUT2D eigenvalue weighted by atomic mass is 32.1. The average Bonchev–Trinajstić information content (AvgIpc) is 1.83. The quantitative estimate of drug-likeness (QED) is 0.490. The van der Waals surface area contributed by atoms with Gasteiger partial charge in [0.05, 0.1) is 12.0 Å². The summed E-state index contributed by atoms with van der Waals surface area (Å²) in [5.41, 5.74) is 0. The van der Waals surface area contributed by atoms with Crippen LogP contribution in [0, 0.1) is 17.2 Å². The summed E-state index contributed by atoms with van der Waals surface area (Å²) in [6, 6.07) is 2.00. The van der Waals surface area contributed by atoms with Gasteiger partial charge in [-0.25, -0.2) is 0 Å². The van der Waals surface area contributed by atoms with Crippen LogP contribution in [0.2, 0.25) is 0 Å². The van der Waals surface area contributed by atoms with Gasteiger partial charge in [-0.1, -0.05) is 12.6 Å². The van der Waals surface area contributed by atoms with Gasteiger partial charge in [-0.2, -0.15) is 5.26 Å². The van der Waals surface area contributed by atoms with Crippen molar-refractivity contribution in [2.24, 2.45) is 5.92 Å². The fourth-order valence-corrected chi connectivity index (χ4v) is 0.376. The van der Waals surface area contributed by atoms with E-state index in [0.717, 1.165) is 0 Å². The molecule has 0 bridgehead atoms. The van der Waals surface area contributed by atoms with E-state index in [1.807, 2.05) is 6.07 Å². The van der Waals surface area contributed by atoms with E-state index in [1.165, 1.54) is 0 Å². The molecule has 0 aromatic rings. The van der Waals surface area contributed by atoms with Crippen molar-refractivity contribution in [3.8, 4) is 6.07 Å². The van der Waals surface area contributed by atoms with Gasteiger partial charge in [0, 0.05) is 0 Å². The summed E-state index contributed by atoms with van der Waals surface area (Å²) >= 11 is 8.21. The normalized spacial score (nSPS) is 11.7. The highest BCUT2D eigenvalue weighted by molar-refractivity contribution is 8.10. The van der Waals surface area contributed by atoms with Crippen LogP contribution in [0.3, 0.4) is 0 Å². The van der Waals surface area contributed by atoms with Gasteiger partial charge in [0.25, 0.3) is 0 Å². The molecular formula is C5H7NOS2. The number of thiocarbonyl (C=S) groups is 1. The summed E-state index contributed by atoms with van der Waals surface area (Å²) in [4.78, 5) is 0. The smallest absolute Gasteiger partial charge is 0.216 e. The highest BCUT2D eigenvalue weighted by Crippen LogP contribution is 1.95. The van der Waals surface area contributed by atoms with Crippen molar-refractivity contribution in [2.45, 2.75) is 6.92 Å². The van der Waals surface area contributed by atoms with Gasteiger partial charge in [0.2, 0.25) is 4.38 Å². The van der Waals surface area contributed by atoms with E-state index in [1.54, 1.807) is 6.92 Å². The van der Waals surface area contributed by atoms with Crippen LogP contribution in [0.4, 0.5) is 0 Å². The third kappa shape index (κ3) is 5.60. The standard InChI is InChI=1S/C5H7NOS2/c1-4(2-6)3-7-5(8)9/h4H,3H2,1H3,(H,8,9). The van der Waals surface area contributed by atoms with Gasteiger partial charge in [0.15, 0.2) is 0 Å². The lowest BCUT2D eigenvalue weighted by Gasteiger charge is -2.01. The van der Waals surface area contributed by atoms with Gasteiger partial charge < -0.3 is 4.74 Å². The zero-order chi connectivity index (χ0) is 7.28. The van der Waals surface area contributed by atoms with Crippen LogP contribution in [-0.4, -0.2) is 11.0 Å². The molecule has 0 aliphatic rings. The number of hydrogen-bond acceptors (Lipinski definition) is 3. The van der Waals surface area contributed by atoms with Gasteiger partial charge in [0.1, 0.15) is 6.61 Å². The largest absolute Gasteiger partial charge is 0.477 e. The van der Waals surface area contributed by atoms with Crippen molar-refractivity contribution < 1.29 is 4.74 Å². The van der Waals surface area contributed by atoms with Crippen LogP contribution in [-0.2, 0) is 4.74 Å². The van der Waals surface area contributed by atoms with E-state index < -0.39 is 0 Å². The van der Waals surface area contributed by atoms with E-state index >= 15 is 0 Å².